The maximum atomic E-state index is 11.8. The fourth-order valence-corrected chi connectivity index (χ4v) is 2.37. The van der Waals surface area contributed by atoms with E-state index in [2.05, 4.69) is 5.32 Å². The molecule has 0 spiro atoms. The van der Waals surface area contributed by atoms with Gasteiger partial charge < -0.3 is 5.32 Å². The second kappa shape index (κ2) is 3.48. The molecular weight excluding hydrogens is 228 g/mol. The quantitative estimate of drug-likeness (QED) is 0.632. The minimum Gasteiger partial charge on any atom is -0.324 e. The molecule has 0 aliphatic carbocycles. The number of carbonyl (C=O) groups is 1. The lowest BCUT2D eigenvalue weighted by Crippen LogP contribution is -2.26. The van der Waals surface area contributed by atoms with E-state index in [4.69, 9.17) is 0 Å². The topological polar surface area (TPSA) is 72.2 Å². The summed E-state index contributed by atoms with van der Waals surface area (Å²) in [6, 6.07) is 4.46. The number of hydrogen-bond acceptors (Lipinski definition) is 4. The number of anilines is 1. The van der Waals surface area contributed by atoms with Crippen molar-refractivity contribution in [1.29, 1.82) is 0 Å². The van der Waals surface area contributed by atoms with Crippen LogP contribution in [0.2, 0.25) is 0 Å². The number of hydrogen-bond donors (Lipinski definition) is 1. The van der Waals surface area contributed by atoms with Crippen LogP contribution in [0, 0.1) is 10.1 Å². The van der Waals surface area contributed by atoms with Crippen LogP contribution in [0.1, 0.15) is 12.5 Å². The maximum Gasteiger partial charge on any atom is 0.271 e. The highest BCUT2D eigenvalue weighted by molar-refractivity contribution is 8.00. The van der Waals surface area contributed by atoms with Crippen LogP contribution in [0.25, 0.3) is 0 Å². The predicted molar refractivity (Wildman–Crippen MR) is 62.6 cm³/mol. The number of carbonyl (C=O) groups excluding carboxylic acids is 1. The maximum absolute atomic E-state index is 11.8. The molecule has 84 valence electrons. The molecule has 1 atom stereocenters. The van der Waals surface area contributed by atoms with E-state index in [1.807, 2.05) is 13.2 Å². The van der Waals surface area contributed by atoms with E-state index in [0.717, 1.165) is 5.56 Å². The average molecular weight is 238 g/mol. The van der Waals surface area contributed by atoms with Crippen molar-refractivity contribution in [2.24, 2.45) is 0 Å². The van der Waals surface area contributed by atoms with Gasteiger partial charge in [-0.25, -0.2) is 0 Å². The number of nitrogens with one attached hydrogen (secondary N) is 1. The number of nitro benzene ring substituents is 1. The summed E-state index contributed by atoms with van der Waals surface area (Å²) in [5.41, 5.74) is 1.33. The van der Waals surface area contributed by atoms with Gasteiger partial charge in [-0.2, -0.15) is 0 Å². The van der Waals surface area contributed by atoms with Crippen molar-refractivity contribution in [2.75, 3.05) is 11.6 Å². The second-order valence-corrected chi connectivity index (χ2v) is 4.90. The van der Waals surface area contributed by atoms with E-state index in [9.17, 15) is 14.9 Å². The highest BCUT2D eigenvalue weighted by atomic mass is 32.2. The molecule has 0 unspecified atom stereocenters. The monoisotopic (exact) mass is 238 g/mol. The first-order chi connectivity index (χ1) is 7.49. The molecule has 0 aromatic heterocycles. The molecule has 0 fully saturated rings. The van der Waals surface area contributed by atoms with Crippen molar-refractivity contribution < 1.29 is 9.72 Å². The Morgan fingerprint density at radius 1 is 1.50 bits per heavy atom. The van der Waals surface area contributed by atoms with Crippen molar-refractivity contribution in [3.05, 3.63) is 33.9 Å². The first-order valence-electron chi connectivity index (χ1n) is 4.64. The standard InChI is InChI=1S/C10H10N2O3S/c1-10(16-2)7-4-3-6(12(14)15)5-8(7)11-9(10)13/h3-5H,1-2H3,(H,11,13)/t10-/m1/s1. The Morgan fingerprint density at radius 2 is 2.19 bits per heavy atom. The van der Waals surface area contributed by atoms with Gasteiger partial charge in [0.2, 0.25) is 5.91 Å². The molecule has 6 heteroatoms. The van der Waals surface area contributed by atoms with Crippen molar-refractivity contribution in [2.45, 2.75) is 11.7 Å². The van der Waals surface area contributed by atoms with Crippen LogP contribution in [0.5, 0.6) is 0 Å². The van der Waals surface area contributed by atoms with Gasteiger partial charge in [-0.1, -0.05) is 0 Å². The average Bonchev–Trinajstić information content (AvgIpc) is 2.51. The van der Waals surface area contributed by atoms with Gasteiger partial charge in [-0.05, 0) is 19.2 Å². The highest BCUT2D eigenvalue weighted by Crippen LogP contribution is 2.45. The molecule has 0 radical (unpaired) electrons. The van der Waals surface area contributed by atoms with Crippen LogP contribution in [0.3, 0.4) is 0 Å². The minimum atomic E-state index is -0.648. The Morgan fingerprint density at radius 3 is 2.75 bits per heavy atom. The highest BCUT2D eigenvalue weighted by Gasteiger charge is 2.42. The summed E-state index contributed by atoms with van der Waals surface area (Å²) >= 11 is 1.42. The van der Waals surface area contributed by atoms with E-state index in [1.165, 1.54) is 23.9 Å². The largest absolute Gasteiger partial charge is 0.324 e. The van der Waals surface area contributed by atoms with Crippen molar-refractivity contribution in [1.82, 2.24) is 0 Å². The number of thioether (sulfide) groups is 1. The fourth-order valence-electron chi connectivity index (χ4n) is 1.73. The first-order valence-corrected chi connectivity index (χ1v) is 5.87. The molecule has 5 nitrogen and oxygen atoms in total. The van der Waals surface area contributed by atoms with Gasteiger partial charge in [0, 0.05) is 17.7 Å². The van der Waals surface area contributed by atoms with Gasteiger partial charge in [0.25, 0.3) is 5.69 Å². The van der Waals surface area contributed by atoms with Gasteiger partial charge in [-0.3, -0.25) is 14.9 Å². The third-order valence-corrected chi connectivity index (χ3v) is 4.04. The lowest BCUT2D eigenvalue weighted by Gasteiger charge is -2.18. The van der Waals surface area contributed by atoms with Gasteiger partial charge >= 0.3 is 0 Å². The molecule has 2 rings (SSSR count). The number of amides is 1. The van der Waals surface area contributed by atoms with E-state index in [-0.39, 0.29) is 11.6 Å². The Bertz CT molecular complexity index is 489. The zero-order valence-corrected chi connectivity index (χ0v) is 9.63. The van der Waals surface area contributed by atoms with Gasteiger partial charge in [0.05, 0.1) is 10.6 Å². The predicted octanol–water partition coefficient (Wildman–Crippen LogP) is 2.13. The van der Waals surface area contributed by atoms with Crippen molar-refractivity contribution in [3.8, 4) is 0 Å². The summed E-state index contributed by atoms with van der Waals surface area (Å²) in [5.74, 6) is -0.129. The first kappa shape index (κ1) is 10.9. The molecule has 1 aliphatic rings. The van der Waals surface area contributed by atoms with Crippen LogP contribution in [-0.4, -0.2) is 17.1 Å². The van der Waals surface area contributed by atoms with Gasteiger partial charge in [0.1, 0.15) is 4.75 Å². The number of benzene rings is 1. The number of rotatable bonds is 2. The third-order valence-electron chi connectivity index (χ3n) is 2.82. The Labute approximate surface area is 96.4 Å². The van der Waals surface area contributed by atoms with E-state index >= 15 is 0 Å². The molecule has 0 bridgehead atoms. The summed E-state index contributed by atoms with van der Waals surface area (Å²) < 4.78 is -0.648. The minimum absolute atomic E-state index is 0.00981. The third kappa shape index (κ3) is 1.37. The van der Waals surface area contributed by atoms with Crippen LogP contribution in [0.15, 0.2) is 18.2 Å². The number of nitro groups is 1. The number of non-ortho nitro benzene ring substituents is 1. The zero-order valence-electron chi connectivity index (χ0n) is 8.81. The molecule has 16 heavy (non-hydrogen) atoms. The number of nitrogens with zero attached hydrogens (tertiary/aromatic N) is 1. The van der Waals surface area contributed by atoms with Gasteiger partial charge in [-0.15, -0.1) is 11.8 Å². The summed E-state index contributed by atoms with van der Waals surface area (Å²) in [4.78, 5) is 21.9. The normalized spacial score (nSPS) is 22.8. The molecular formula is C10H10N2O3S. The summed E-state index contributed by atoms with van der Waals surface area (Å²) in [5, 5.41) is 13.3. The smallest absolute Gasteiger partial charge is 0.271 e. The Hall–Kier alpha value is -1.56. The van der Waals surface area contributed by atoms with E-state index in [0.29, 0.717) is 5.69 Å². The fraction of sp³-hybridized carbons (Fsp3) is 0.300. The zero-order chi connectivity index (χ0) is 11.9. The summed E-state index contributed by atoms with van der Waals surface area (Å²) in [6.45, 7) is 1.81. The molecule has 1 aromatic carbocycles. The molecule has 1 aromatic rings. The lowest BCUT2D eigenvalue weighted by atomic mass is 10.0. The summed E-state index contributed by atoms with van der Waals surface area (Å²) in [6.07, 6.45) is 1.84. The Kier molecular flexibility index (Phi) is 2.38. The molecule has 1 heterocycles. The van der Waals surface area contributed by atoms with Crippen molar-refractivity contribution in [3.63, 3.8) is 0 Å². The molecule has 1 aliphatic heterocycles. The summed E-state index contributed by atoms with van der Waals surface area (Å²) in [7, 11) is 0. The molecule has 0 saturated carbocycles. The second-order valence-electron chi connectivity index (χ2n) is 3.68. The SMILES string of the molecule is CS[C@@]1(C)C(=O)Nc2cc([N+](=O)[O-])ccc21. The number of fused-ring (bicyclic) bond motifs is 1. The van der Waals surface area contributed by atoms with Crippen LogP contribution in [0.4, 0.5) is 11.4 Å². The van der Waals surface area contributed by atoms with E-state index < -0.39 is 9.67 Å². The van der Waals surface area contributed by atoms with Crippen molar-refractivity contribution >= 4 is 29.0 Å². The molecule has 1 N–H and O–H groups in total. The Balaban J connectivity index is 2.55. The van der Waals surface area contributed by atoms with E-state index in [1.54, 1.807) is 6.07 Å². The van der Waals surface area contributed by atoms with Gasteiger partial charge in [0.15, 0.2) is 0 Å². The molecule has 0 saturated heterocycles. The molecule has 1 amide bonds. The van der Waals surface area contributed by atoms with Crippen LogP contribution >= 0.6 is 11.8 Å². The lowest BCUT2D eigenvalue weighted by molar-refractivity contribution is -0.384. The van der Waals surface area contributed by atoms with Crippen LogP contribution < -0.4 is 5.32 Å². The van der Waals surface area contributed by atoms with Crippen LogP contribution in [-0.2, 0) is 9.54 Å².